The number of rotatable bonds is 6. The van der Waals surface area contributed by atoms with Crippen molar-refractivity contribution in [2.24, 2.45) is 5.92 Å². The van der Waals surface area contributed by atoms with Crippen LogP contribution in [-0.2, 0) is 13.0 Å². The summed E-state index contributed by atoms with van der Waals surface area (Å²) in [5.41, 5.74) is 1.30. The number of hydrogen-bond donors (Lipinski definition) is 2. The van der Waals surface area contributed by atoms with E-state index in [1.165, 1.54) is 5.56 Å². The van der Waals surface area contributed by atoms with Crippen molar-refractivity contribution >= 4 is 23.1 Å². The quantitative estimate of drug-likeness (QED) is 0.805. The van der Waals surface area contributed by atoms with E-state index >= 15 is 0 Å². The summed E-state index contributed by atoms with van der Waals surface area (Å²) in [6.45, 7) is 6.03. The predicted molar refractivity (Wildman–Crippen MR) is 91.4 cm³/mol. The van der Waals surface area contributed by atoms with E-state index in [1.54, 1.807) is 6.20 Å². The van der Waals surface area contributed by atoms with E-state index in [2.05, 4.69) is 53.8 Å². The lowest BCUT2D eigenvalue weighted by Gasteiger charge is -2.13. The van der Waals surface area contributed by atoms with E-state index in [0.717, 1.165) is 25.3 Å². The van der Waals surface area contributed by atoms with Gasteiger partial charge in [0.1, 0.15) is 5.82 Å². The van der Waals surface area contributed by atoms with Crippen LogP contribution in [0.25, 0.3) is 0 Å². The van der Waals surface area contributed by atoms with Crippen LogP contribution in [0.3, 0.4) is 0 Å². The Labute approximate surface area is 131 Å². The van der Waals surface area contributed by atoms with Gasteiger partial charge in [-0.1, -0.05) is 44.2 Å². The summed E-state index contributed by atoms with van der Waals surface area (Å²) < 4.78 is 1.94. The maximum atomic E-state index is 5.33. The average Bonchev–Trinajstić information content (AvgIpc) is 2.86. The maximum absolute atomic E-state index is 5.33. The Balaban J connectivity index is 1.78. The molecule has 112 valence electrons. The Morgan fingerprint density at radius 1 is 1.24 bits per heavy atom. The standard InChI is InChI=1S/C16H22N4S/c1-13(2)12-20-15(9-11-18-20)19-16(21)17-10-8-14-6-4-3-5-7-14/h3-7,9,11,13H,8,10,12H2,1-2H3,(H2,17,19,21). The SMILES string of the molecule is CC(C)Cn1nccc1NC(=S)NCCc1ccccc1. The van der Waals surface area contributed by atoms with Crippen LogP contribution in [0.5, 0.6) is 0 Å². The molecule has 1 aromatic carbocycles. The molecule has 2 rings (SSSR count). The zero-order chi connectivity index (χ0) is 15.1. The minimum atomic E-state index is 0.546. The van der Waals surface area contributed by atoms with E-state index in [-0.39, 0.29) is 0 Å². The van der Waals surface area contributed by atoms with Gasteiger partial charge in [0.15, 0.2) is 5.11 Å². The molecule has 2 N–H and O–H groups in total. The van der Waals surface area contributed by atoms with Gasteiger partial charge in [0, 0.05) is 19.2 Å². The highest BCUT2D eigenvalue weighted by atomic mass is 32.1. The zero-order valence-electron chi connectivity index (χ0n) is 12.5. The summed E-state index contributed by atoms with van der Waals surface area (Å²) in [6, 6.07) is 12.3. The fourth-order valence-corrected chi connectivity index (χ4v) is 2.26. The van der Waals surface area contributed by atoms with Gasteiger partial charge in [0.25, 0.3) is 0 Å². The first-order valence-corrected chi connectivity index (χ1v) is 7.66. The van der Waals surface area contributed by atoms with Crippen LogP contribution < -0.4 is 10.6 Å². The molecule has 5 heteroatoms. The summed E-state index contributed by atoms with van der Waals surface area (Å²) in [6.07, 6.45) is 2.74. The Morgan fingerprint density at radius 3 is 2.71 bits per heavy atom. The molecule has 2 aromatic rings. The molecule has 4 nitrogen and oxygen atoms in total. The van der Waals surface area contributed by atoms with Crippen LogP contribution in [0.15, 0.2) is 42.6 Å². The summed E-state index contributed by atoms with van der Waals surface area (Å²) in [5.74, 6) is 1.48. The van der Waals surface area contributed by atoms with Gasteiger partial charge in [-0.3, -0.25) is 0 Å². The molecule has 0 fully saturated rings. The van der Waals surface area contributed by atoms with Gasteiger partial charge in [-0.15, -0.1) is 0 Å². The van der Waals surface area contributed by atoms with Crippen molar-refractivity contribution in [3.63, 3.8) is 0 Å². The van der Waals surface area contributed by atoms with Crippen molar-refractivity contribution in [2.75, 3.05) is 11.9 Å². The number of nitrogens with one attached hydrogen (secondary N) is 2. The molecule has 0 atom stereocenters. The third kappa shape index (κ3) is 5.19. The number of anilines is 1. The van der Waals surface area contributed by atoms with Gasteiger partial charge in [0.2, 0.25) is 0 Å². The van der Waals surface area contributed by atoms with Crippen LogP contribution in [0.4, 0.5) is 5.82 Å². The van der Waals surface area contributed by atoms with Gasteiger partial charge >= 0.3 is 0 Å². The van der Waals surface area contributed by atoms with Gasteiger partial charge < -0.3 is 10.6 Å². The first-order chi connectivity index (χ1) is 10.1. The van der Waals surface area contributed by atoms with E-state index in [4.69, 9.17) is 12.2 Å². The summed E-state index contributed by atoms with van der Waals surface area (Å²) in [5, 5.41) is 11.4. The Bertz CT molecular complexity index is 563. The lowest BCUT2D eigenvalue weighted by Crippen LogP contribution is -2.31. The van der Waals surface area contributed by atoms with Crippen LogP contribution in [0, 0.1) is 5.92 Å². The molecule has 0 radical (unpaired) electrons. The number of benzene rings is 1. The topological polar surface area (TPSA) is 41.9 Å². The second kappa shape index (κ2) is 7.78. The maximum Gasteiger partial charge on any atom is 0.171 e. The van der Waals surface area contributed by atoms with E-state index in [0.29, 0.717) is 11.0 Å². The number of thiocarbonyl (C=S) groups is 1. The Morgan fingerprint density at radius 2 is 2.00 bits per heavy atom. The smallest absolute Gasteiger partial charge is 0.171 e. The first kappa shape index (κ1) is 15.5. The molecule has 1 aromatic heterocycles. The lowest BCUT2D eigenvalue weighted by molar-refractivity contribution is 0.488. The Kier molecular flexibility index (Phi) is 5.75. The van der Waals surface area contributed by atoms with Crippen molar-refractivity contribution in [3.05, 3.63) is 48.2 Å². The highest BCUT2D eigenvalue weighted by Crippen LogP contribution is 2.09. The normalized spacial score (nSPS) is 10.6. The third-order valence-electron chi connectivity index (χ3n) is 3.04. The molecule has 0 bridgehead atoms. The van der Waals surface area contributed by atoms with Gasteiger partial charge in [-0.2, -0.15) is 5.10 Å². The fraction of sp³-hybridized carbons (Fsp3) is 0.375. The van der Waals surface area contributed by atoms with Crippen LogP contribution >= 0.6 is 12.2 Å². The van der Waals surface area contributed by atoms with Crippen molar-refractivity contribution in [1.82, 2.24) is 15.1 Å². The van der Waals surface area contributed by atoms with E-state index in [1.807, 2.05) is 16.8 Å². The van der Waals surface area contributed by atoms with Crippen LogP contribution in [-0.4, -0.2) is 21.4 Å². The second-order valence-electron chi connectivity index (χ2n) is 5.41. The van der Waals surface area contributed by atoms with E-state index in [9.17, 15) is 0 Å². The fourth-order valence-electron chi connectivity index (χ4n) is 2.06. The monoisotopic (exact) mass is 302 g/mol. The number of hydrogen-bond acceptors (Lipinski definition) is 2. The zero-order valence-corrected chi connectivity index (χ0v) is 13.4. The molecule has 0 saturated carbocycles. The molecule has 0 amide bonds. The minimum Gasteiger partial charge on any atom is -0.362 e. The summed E-state index contributed by atoms with van der Waals surface area (Å²) in [7, 11) is 0. The highest BCUT2D eigenvalue weighted by molar-refractivity contribution is 7.80. The molecule has 0 aliphatic rings. The summed E-state index contributed by atoms with van der Waals surface area (Å²) >= 11 is 5.33. The molecule has 1 heterocycles. The van der Waals surface area contributed by atoms with Crippen molar-refractivity contribution < 1.29 is 0 Å². The molecule has 0 saturated heterocycles. The molecule has 0 aliphatic carbocycles. The molecular weight excluding hydrogens is 280 g/mol. The van der Waals surface area contributed by atoms with Crippen LogP contribution in [0.1, 0.15) is 19.4 Å². The summed E-state index contributed by atoms with van der Waals surface area (Å²) in [4.78, 5) is 0. The van der Waals surface area contributed by atoms with Crippen molar-refractivity contribution in [1.29, 1.82) is 0 Å². The predicted octanol–water partition coefficient (Wildman–Crippen LogP) is 3.07. The van der Waals surface area contributed by atoms with Crippen molar-refractivity contribution in [3.8, 4) is 0 Å². The van der Waals surface area contributed by atoms with Crippen LogP contribution in [0.2, 0.25) is 0 Å². The molecule has 0 unspecified atom stereocenters. The largest absolute Gasteiger partial charge is 0.362 e. The van der Waals surface area contributed by atoms with E-state index < -0.39 is 0 Å². The third-order valence-corrected chi connectivity index (χ3v) is 3.28. The van der Waals surface area contributed by atoms with Crippen molar-refractivity contribution in [2.45, 2.75) is 26.8 Å². The molecule has 0 spiro atoms. The number of aromatic nitrogens is 2. The van der Waals surface area contributed by atoms with Gasteiger partial charge in [0.05, 0.1) is 6.20 Å². The second-order valence-corrected chi connectivity index (χ2v) is 5.82. The number of nitrogens with zero attached hydrogens (tertiary/aromatic N) is 2. The molecular formula is C16H22N4S. The Hall–Kier alpha value is -1.88. The minimum absolute atomic E-state index is 0.546. The highest BCUT2D eigenvalue weighted by Gasteiger charge is 2.05. The average molecular weight is 302 g/mol. The molecule has 21 heavy (non-hydrogen) atoms. The van der Waals surface area contributed by atoms with Gasteiger partial charge in [-0.25, -0.2) is 4.68 Å². The van der Waals surface area contributed by atoms with Gasteiger partial charge in [-0.05, 0) is 30.1 Å². The lowest BCUT2D eigenvalue weighted by atomic mass is 10.1. The molecule has 0 aliphatic heterocycles. The first-order valence-electron chi connectivity index (χ1n) is 7.25.